The van der Waals surface area contributed by atoms with Gasteiger partial charge in [-0.3, -0.25) is 4.79 Å². The normalized spacial score (nSPS) is 11.5. The monoisotopic (exact) mass is 379 g/mol. The first kappa shape index (κ1) is 19.1. The van der Waals surface area contributed by atoms with Gasteiger partial charge in [-0.1, -0.05) is 47.5 Å². The van der Waals surface area contributed by atoms with Crippen LogP contribution in [0.3, 0.4) is 0 Å². The first-order valence-corrected chi connectivity index (χ1v) is 8.55. The highest BCUT2D eigenvalue weighted by molar-refractivity contribution is 6.42. The van der Waals surface area contributed by atoms with Crippen LogP contribution in [0.15, 0.2) is 48.5 Å². The third kappa shape index (κ3) is 6.29. The van der Waals surface area contributed by atoms with E-state index in [2.05, 4.69) is 16.0 Å². The molecule has 0 radical (unpaired) electrons. The summed E-state index contributed by atoms with van der Waals surface area (Å²) in [6.07, 6.45) is 0.174. The number of rotatable bonds is 6. The minimum absolute atomic E-state index is 0.168. The number of nitrogens with one attached hydrogen (secondary N) is 3. The van der Waals surface area contributed by atoms with Crippen LogP contribution < -0.4 is 16.0 Å². The smallest absolute Gasteiger partial charge is 0.319 e. The molecule has 0 aromatic heterocycles. The van der Waals surface area contributed by atoms with Crippen LogP contribution in [-0.2, 0) is 4.79 Å². The number of hydrogen-bond donors (Lipinski definition) is 3. The first-order valence-electron chi connectivity index (χ1n) is 7.80. The minimum atomic E-state index is -0.350. The van der Waals surface area contributed by atoms with Crippen LogP contribution in [0.2, 0.25) is 10.0 Å². The minimum Gasteiger partial charge on any atom is -0.350 e. The van der Waals surface area contributed by atoms with Crippen molar-refractivity contribution in [2.24, 2.45) is 0 Å². The molecule has 1 atom stereocenters. The summed E-state index contributed by atoms with van der Waals surface area (Å²) in [6.45, 7) is 2.09. The Bertz CT molecular complexity index is 738. The fraction of sp³-hybridized carbons (Fsp3) is 0.222. The van der Waals surface area contributed by atoms with E-state index in [1.807, 2.05) is 31.2 Å². The first-order chi connectivity index (χ1) is 12.0. The Hall–Kier alpha value is -2.24. The van der Waals surface area contributed by atoms with Gasteiger partial charge in [-0.05, 0) is 36.8 Å². The van der Waals surface area contributed by atoms with Crippen molar-refractivity contribution in [1.82, 2.24) is 10.6 Å². The second-order valence-corrected chi connectivity index (χ2v) is 6.27. The van der Waals surface area contributed by atoms with Gasteiger partial charge in [-0.15, -0.1) is 0 Å². The molecule has 7 heteroatoms. The Morgan fingerprint density at radius 3 is 2.44 bits per heavy atom. The Balaban J connectivity index is 1.73. The maximum absolute atomic E-state index is 12.0. The molecule has 25 heavy (non-hydrogen) atoms. The molecule has 0 spiro atoms. The lowest BCUT2D eigenvalue weighted by Gasteiger charge is -2.15. The lowest BCUT2D eigenvalue weighted by atomic mass is 10.1. The number of amides is 3. The maximum atomic E-state index is 12.0. The third-order valence-electron chi connectivity index (χ3n) is 3.49. The van der Waals surface area contributed by atoms with Gasteiger partial charge in [0.25, 0.3) is 0 Å². The topological polar surface area (TPSA) is 70.2 Å². The van der Waals surface area contributed by atoms with E-state index in [4.69, 9.17) is 23.2 Å². The summed E-state index contributed by atoms with van der Waals surface area (Å²) in [6, 6.07) is 13.7. The SMILES string of the molecule is C[C@H](NC(=O)CCNC(=O)Nc1ccccc1)c1ccc(Cl)c(Cl)c1. The highest BCUT2D eigenvalue weighted by Gasteiger charge is 2.11. The third-order valence-corrected chi connectivity index (χ3v) is 4.23. The van der Waals surface area contributed by atoms with E-state index in [9.17, 15) is 9.59 Å². The van der Waals surface area contributed by atoms with E-state index in [-0.39, 0.29) is 30.9 Å². The summed E-state index contributed by atoms with van der Waals surface area (Å²) in [5.41, 5.74) is 1.55. The average molecular weight is 380 g/mol. The van der Waals surface area contributed by atoms with E-state index < -0.39 is 0 Å². The Kier molecular flexibility index (Phi) is 7.10. The quantitative estimate of drug-likeness (QED) is 0.696. The van der Waals surface area contributed by atoms with Gasteiger partial charge in [-0.25, -0.2) is 4.79 Å². The van der Waals surface area contributed by atoms with Gasteiger partial charge in [0, 0.05) is 18.7 Å². The van der Waals surface area contributed by atoms with Crippen molar-refractivity contribution in [2.45, 2.75) is 19.4 Å². The number of anilines is 1. The van der Waals surface area contributed by atoms with E-state index in [0.29, 0.717) is 15.7 Å². The highest BCUT2D eigenvalue weighted by Crippen LogP contribution is 2.25. The summed E-state index contributed by atoms with van der Waals surface area (Å²) in [5, 5.41) is 9.09. The van der Waals surface area contributed by atoms with Crippen molar-refractivity contribution in [3.63, 3.8) is 0 Å². The highest BCUT2D eigenvalue weighted by atomic mass is 35.5. The number of carbonyl (C=O) groups is 2. The van der Waals surface area contributed by atoms with Gasteiger partial charge in [0.15, 0.2) is 0 Å². The summed E-state index contributed by atoms with van der Waals surface area (Å²) in [7, 11) is 0. The van der Waals surface area contributed by atoms with E-state index in [1.54, 1.807) is 24.3 Å². The molecule has 0 aliphatic heterocycles. The molecule has 2 aromatic rings. The predicted octanol–water partition coefficient (Wildman–Crippen LogP) is 4.38. The molecule has 0 saturated heterocycles. The second kappa shape index (κ2) is 9.30. The fourth-order valence-corrected chi connectivity index (χ4v) is 2.47. The number of hydrogen-bond acceptors (Lipinski definition) is 2. The summed E-state index contributed by atoms with van der Waals surface area (Å²) < 4.78 is 0. The molecule has 132 valence electrons. The van der Waals surface area contributed by atoms with Crippen LogP contribution in [-0.4, -0.2) is 18.5 Å². The molecule has 0 saturated carbocycles. The molecule has 0 aliphatic carbocycles. The Morgan fingerprint density at radius 2 is 1.76 bits per heavy atom. The molecule has 3 N–H and O–H groups in total. The van der Waals surface area contributed by atoms with Crippen molar-refractivity contribution >= 4 is 40.8 Å². The molecule has 0 heterocycles. The van der Waals surface area contributed by atoms with Gasteiger partial charge in [0.1, 0.15) is 0 Å². The number of carbonyl (C=O) groups excluding carboxylic acids is 2. The number of benzene rings is 2. The van der Waals surface area contributed by atoms with Crippen LogP contribution in [0.1, 0.15) is 24.9 Å². The van der Waals surface area contributed by atoms with Crippen LogP contribution >= 0.6 is 23.2 Å². The molecule has 0 unspecified atom stereocenters. The predicted molar refractivity (Wildman–Crippen MR) is 101 cm³/mol. The zero-order valence-corrected chi connectivity index (χ0v) is 15.2. The van der Waals surface area contributed by atoms with Crippen LogP contribution in [0.25, 0.3) is 0 Å². The number of halogens is 2. The molecular formula is C18H19Cl2N3O2. The number of urea groups is 1. The standard InChI is InChI=1S/C18H19Cl2N3O2/c1-12(13-7-8-15(19)16(20)11-13)22-17(24)9-10-21-18(25)23-14-5-3-2-4-6-14/h2-8,11-12H,9-10H2,1H3,(H,22,24)(H2,21,23,25)/t12-/m0/s1. The largest absolute Gasteiger partial charge is 0.350 e. The van der Waals surface area contributed by atoms with Crippen molar-refractivity contribution < 1.29 is 9.59 Å². The van der Waals surface area contributed by atoms with Crippen LogP contribution in [0.5, 0.6) is 0 Å². The summed E-state index contributed by atoms with van der Waals surface area (Å²) >= 11 is 11.9. The van der Waals surface area contributed by atoms with Crippen LogP contribution in [0, 0.1) is 0 Å². The zero-order valence-electron chi connectivity index (χ0n) is 13.7. The van der Waals surface area contributed by atoms with Crippen molar-refractivity contribution in [3.05, 3.63) is 64.1 Å². The van der Waals surface area contributed by atoms with Gasteiger partial charge in [-0.2, -0.15) is 0 Å². The molecule has 0 bridgehead atoms. The van der Waals surface area contributed by atoms with Crippen LogP contribution in [0.4, 0.5) is 10.5 Å². The van der Waals surface area contributed by atoms with E-state index >= 15 is 0 Å². The second-order valence-electron chi connectivity index (χ2n) is 5.46. The van der Waals surface area contributed by atoms with E-state index in [1.165, 1.54) is 0 Å². The van der Waals surface area contributed by atoms with Crippen molar-refractivity contribution in [3.8, 4) is 0 Å². The molecule has 0 aliphatic rings. The Labute approximate surface area is 156 Å². The lowest BCUT2D eigenvalue weighted by molar-refractivity contribution is -0.121. The Morgan fingerprint density at radius 1 is 1.04 bits per heavy atom. The van der Waals surface area contributed by atoms with E-state index in [0.717, 1.165) is 5.56 Å². The summed E-state index contributed by atoms with van der Waals surface area (Å²) in [5.74, 6) is -0.168. The molecule has 2 aromatic carbocycles. The molecule has 3 amide bonds. The molecule has 2 rings (SSSR count). The average Bonchev–Trinajstić information content (AvgIpc) is 2.58. The lowest BCUT2D eigenvalue weighted by Crippen LogP contribution is -2.34. The van der Waals surface area contributed by atoms with Gasteiger partial charge < -0.3 is 16.0 Å². The molecule has 5 nitrogen and oxygen atoms in total. The maximum Gasteiger partial charge on any atom is 0.319 e. The van der Waals surface area contributed by atoms with Gasteiger partial charge in [0.2, 0.25) is 5.91 Å². The van der Waals surface area contributed by atoms with Gasteiger partial charge in [0.05, 0.1) is 16.1 Å². The van der Waals surface area contributed by atoms with Crippen molar-refractivity contribution in [1.29, 1.82) is 0 Å². The molecule has 0 fully saturated rings. The van der Waals surface area contributed by atoms with Crippen molar-refractivity contribution in [2.75, 3.05) is 11.9 Å². The summed E-state index contributed by atoms with van der Waals surface area (Å²) in [4.78, 5) is 23.7. The molecular weight excluding hydrogens is 361 g/mol. The number of para-hydroxylation sites is 1. The fourth-order valence-electron chi connectivity index (χ4n) is 2.17. The van der Waals surface area contributed by atoms with Gasteiger partial charge >= 0.3 is 6.03 Å². The zero-order chi connectivity index (χ0) is 18.2.